The molecule has 1 aromatic rings. The predicted octanol–water partition coefficient (Wildman–Crippen LogP) is 2.65. The first-order valence-corrected chi connectivity index (χ1v) is 7.80. The summed E-state index contributed by atoms with van der Waals surface area (Å²) in [6.07, 6.45) is 2.82. The number of phenols is 1. The van der Waals surface area contributed by atoms with E-state index in [0.29, 0.717) is 13.1 Å². The van der Waals surface area contributed by atoms with Crippen molar-refractivity contribution in [2.45, 2.75) is 44.8 Å². The molecule has 3 rings (SSSR count). The Balaban J connectivity index is 1.90. The second-order valence-corrected chi connectivity index (χ2v) is 6.32. The summed E-state index contributed by atoms with van der Waals surface area (Å²) in [5, 5.41) is 9.76. The zero-order valence-electron chi connectivity index (χ0n) is 12.7. The maximum atomic E-state index is 12.4. The minimum absolute atomic E-state index is 0.00347. The Kier molecular flexibility index (Phi) is 3.66. The predicted molar refractivity (Wildman–Crippen MR) is 79.9 cm³/mol. The first-order chi connectivity index (χ1) is 10.0. The molecule has 1 heterocycles. The number of carbonyl (C=O) groups is 1. The van der Waals surface area contributed by atoms with Crippen molar-refractivity contribution in [3.63, 3.8) is 0 Å². The van der Waals surface area contributed by atoms with E-state index in [9.17, 15) is 9.90 Å². The third kappa shape index (κ3) is 2.77. The van der Waals surface area contributed by atoms with E-state index >= 15 is 0 Å². The first-order valence-electron chi connectivity index (χ1n) is 7.80. The second-order valence-electron chi connectivity index (χ2n) is 6.32. The zero-order chi connectivity index (χ0) is 15.0. The normalized spacial score (nSPS) is 29.4. The van der Waals surface area contributed by atoms with Crippen LogP contribution < -0.4 is 0 Å². The lowest BCUT2D eigenvalue weighted by atomic mass is 9.88. The minimum Gasteiger partial charge on any atom is -0.508 e. The van der Waals surface area contributed by atoms with Crippen LogP contribution in [0.3, 0.4) is 0 Å². The number of amides is 1. The van der Waals surface area contributed by atoms with Gasteiger partial charge in [0.1, 0.15) is 11.4 Å². The molecular weight excluding hydrogens is 266 g/mol. The molecule has 21 heavy (non-hydrogen) atoms. The highest BCUT2D eigenvalue weighted by atomic mass is 16.5. The lowest BCUT2D eigenvalue weighted by Crippen LogP contribution is -2.55. The third-order valence-corrected chi connectivity index (χ3v) is 4.53. The number of hydrogen-bond donors (Lipinski definition) is 1. The van der Waals surface area contributed by atoms with Gasteiger partial charge in [-0.15, -0.1) is 0 Å². The van der Waals surface area contributed by atoms with Gasteiger partial charge in [-0.05, 0) is 43.9 Å². The molecule has 2 aliphatic rings. The summed E-state index contributed by atoms with van der Waals surface area (Å²) in [4.78, 5) is 14.4. The Hall–Kier alpha value is -1.55. The van der Waals surface area contributed by atoms with E-state index in [1.807, 2.05) is 24.0 Å². The molecule has 2 unspecified atom stereocenters. The number of phenolic OH excluding ortho intramolecular Hbond substituents is 1. The average Bonchev–Trinajstić information content (AvgIpc) is 3.30. The molecule has 114 valence electrons. The van der Waals surface area contributed by atoms with Gasteiger partial charge < -0.3 is 14.7 Å². The van der Waals surface area contributed by atoms with Gasteiger partial charge in [-0.25, -0.2) is 0 Å². The van der Waals surface area contributed by atoms with Crippen LogP contribution in [0, 0.1) is 5.92 Å². The van der Waals surface area contributed by atoms with Crippen LogP contribution in [0.25, 0.3) is 0 Å². The molecule has 1 aliphatic carbocycles. The SMILES string of the molecule is CCC1(c2cccc(O)c2)CN(C(=O)C2CC2)CC(C)O1. The highest BCUT2D eigenvalue weighted by molar-refractivity contribution is 5.81. The molecule has 2 atom stereocenters. The summed E-state index contributed by atoms with van der Waals surface area (Å²) in [6, 6.07) is 7.21. The molecule has 1 saturated carbocycles. The Morgan fingerprint density at radius 2 is 2.24 bits per heavy atom. The lowest BCUT2D eigenvalue weighted by molar-refractivity contribution is -0.172. The highest BCUT2D eigenvalue weighted by Crippen LogP contribution is 2.39. The van der Waals surface area contributed by atoms with Crippen LogP contribution in [0.4, 0.5) is 0 Å². The van der Waals surface area contributed by atoms with Crippen LogP contribution in [0.15, 0.2) is 24.3 Å². The van der Waals surface area contributed by atoms with Gasteiger partial charge in [-0.1, -0.05) is 19.1 Å². The van der Waals surface area contributed by atoms with Gasteiger partial charge in [0.2, 0.25) is 5.91 Å². The Morgan fingerprint density at radius 1 is 1.48 bits per heavy atom. The summed E-state index contributed by atoms with van der Waals surface area (Å²) in [5.74, 6) is 0.736. The van der Waals surface area contributed by atoms with E-state index < -0.39 is 5.60 Å². The van der Waals surface area contributed by atoms with E-state index in [1.54, 1.807) is 12.1 Å². The Morgan fingerprint density at radius 3 is 2.86 bits per heavy atom. The summed E-state index contributed by atoms with van der Waals surface area (Å²) >= 11 is 0. The van der Waals surface area contributed by atoms with Crippen molar-refractivity contribution in [2.24, 2.45) is 5.92 Å². The van der Waals surface area contributed by atoms with E-state index in [2.05, 4.69) is 6.92 Å². The fourth-order valence-electron chi connectivity index (χ4n) is 3.25. The van der Waals surface area contributed by atoms with Crippen molar-refractivity contribution < 1.29 is 14.6 Å². The first kappa shape index (κ1) is 14.4. The lowest BCUT2D eigenvalue weighted by Gasteiger charge is -2.46. The van der Waals surface area contributed by atoms with Gasteiger partial charge in [0.25, 0.3) is 0 Å². The number of ether oxygens (including phenoxy) is 1. The highest BCUT2D eigenvalue weighted by Gasteiger charge is 2.44. The standard InChI is InChI=1S/C17H23NO3/c1-3-17(14-5-4-6-15(19)9-14)11-18(10-12(2)21-17)16(20)13-7-8-13/h4-6,9,12-13,19H,3,7-8,10-11H2,1-2H3. The molecule has 0 radical (unpaired) electrons. The fourth-order valence-corrected chi connectivity index (χ4v) is 3.25. The van der Waals surface area contributed by atoms with Crippen molar-refractivity contribution in [2.75, 3.05) is 13.1 Å². The van der Waals surface area contributed by atoms with Crippen LogP contribution in [0.2, 0.25) is 0 Å². The molecule has 0 aromatic heterocycles. The maximum absolute atomic E-state index is 12.4. The van der Waals surface area contributed by atoms with Crippen LogP contribution in [0.1, 0.15) is 38.7 Å². The molecule has 1 N–H and O–H groups in total. The average molecular weight is 289 g/mol. The van der Waals surface area contributed by atoms with Gasteiger partial charge in [-0.3, -0.25) is 4.79 Å². The Labute approximate surface area is 125 Å². The van der Waals surface area contributed by atoms with E-state index in [-0.39, 0.29) is 23.7 Å². The van der Waals surface area contributed by atoms with Crippen LogP contribution in [-0.2, 0) is 15.1 Å². The second kappa shape index (κ2) is 5.34. The van der Waals surface area contributed by atoms with Gasteiger partial charge in [-0.2, -0.15) is 0 Å². The monoisotopic (exact) mass is 289 g/mol. The summed E-state index contributed by atoms with van der Waals surface area (Å²) < 4.78 is 6.24. The van der Waals surface area contributed by atoms with Crippen LogP contribution in [0.5, 0.6) is 5.75 Å². The topological polar surface area (TPSA) is 49.8 Å². The number of nitrogens with zero attached hydrogens (tertiary/aromatic N) is 1. The molecular formula is C17H23NO3. The van der Waals surface area contributed by atoms with Crippen molar-refractivity contribution in [3.8, 4) is 5.75 Å². The number of rotatable bonds is 3. The van der Waals surface area contributed by atoms with E-state index in [4.69, 9.17) is 4.74 Å². The molecule has 1 saturated heterocycles. The van der Waals surface area contributed by atoms with Crippen LogP contribution in [-0.4, -0.2) is 35.1 Å². The molecule has 4 heteroatoms. The Bertz CT molecular complexity index is 541. The van der Waals surface area contributed by atoms with Crippen molar-refractivity contribution in [1.82, 2.24) is 4.90 Å². The van der Waals surface area contributed by atoms with E-state index in [0.717, 1.165) is 24.8 Å². The van der Waals surface area contributed by atoms with Gasteiger partial charge in [0.15, 0.2) is 0 Å². The molecule has 1 aliphatic heterocycles. The van der Waals surface area contributed by atoms with Crippen molar-refractivity contribution in [3.05, 3.63) is 29.8 Å². The fraction of sp³-hybridized carbons (Fsp3) is 0.588. The zero-order valence-corrected chi connectivity index (χ0v) is 12.7. The minimum atomic E-state index is -0.513. The maximum Gasteiger partial charge on any atom is 0.225 e. The van der Waals surface area contributed by atoms with Crippen molar-refractivity contribution >= 4 is 5.91 Å². The van der Waals surface area contributed by atoms with Gasteiger partial charge in [0, 0.05) is 12.5 Å². The molecule has 0 spiro atoms. The number of morpholine rings is 1. The quantitative estimate of drug-likeness (QED) is 0.930. The number of hydrogen-bond acceptors (Lipinski definition) is 3. The summed E-state index contributed by atoms with van der Waals surface area (Å²) in [5.41, 5.74) is 0.436. The third-order valence-electron chi connectivity index (χ3n) is 4.53. The molecule has 2 fully saturated rings. The molecule has 0 bridgehead atoms. The van der Waals surface area contributed by atoms with Crippen LogP contribution >= 0.6 is 0 Å². The summed E-state index contributed by atoms with van der Waals surface area (Å²) in [6.45, 7) is 5.32. The van der Waals surface area contributed by atoms with Gasteiger partial charge in [0.05, 0.1) is 12.6 Å². The molecule has 1 aromatic carbocycles. The number of carbonyl (C=O) groups excluding carboxylic acids is 1. The number of aromatic hydroxyl groups is 1. The van der Waals surface area contributed by atoms with E-state index in [1.165, 1.54) is 0 Å². The number of benzene rings is 1. The smallest absolute Gasteiger partial charge is 0.225 e. The molecule has 4 nitrogen and oxygen atoms in total. The van der Waals surface area contributed by atoms with Gasteiger partial charge >= 0.3 is 0 Å². The van der Waals surface area contributed by atoms with Crippen molar-refractivity contribution in [1.29, 1.82) is 0 Å². The largest absolute Gasteiger partial charge is 0.508 e. The summed E-state index contributed by atoms with van der Waals surface area (Å²) in [7, 11) is 0. The molecule has 1 amide bonds.